The van der Waals surface area contributed by atoms with E-state index >= 15 is 0 Å². The number of hydrogen-bond acceptors (Lipinski definition) is 1. The summed E-state index contributed by atoms with van der Waals surface area (Å²) in [6, 6.07) is 6.88. The third kappa shape index (κ3) is 2.59. The molecule has 0 N–H and O–H groups in total. The van der Waals surface area contributed by atoms with Crippen LogP contribution in [0.4, 0.5) is 8.78 Å². The SMILES string of the molecule is Cc1cc(F)cc(C)c1C(=O)c1cccc(F)c1Br. The van der Waals surface area contributed by atoms with E-state index in [1.807, 2.05) is 0 Å². The maximum Gasteiger partial charge on any atom is 0.194 e. The first-order chi connectivity index (χ1) is 8.91. The fourth-order valence-corrected chi connectivity index (χ4v) is 2.53. The van der Waals surface area contributed by atoms with Crippen molar-refractivity contribution in [2.75, 3.05) is 0 Å². The van der Waals surface area contributed by atoms with Crippen molar-refractivity contribution in [3.8, 4) is 0 Å². The Morgan fingerprint density at radius 1 is 1.11 bits per heavy atom. The second kappa shape index (κ2) is 5.21. The van der Waals surface area contributed by atoms with Crippen LogP contribution in [-0.4, -0.2) is 5.78 Å². The van der Waals surface area contributed by atoms with Gasteiger partial charge in [-0.05, 0) is 65.2 Å². The molecule has 0 aromatic heterocycles. The zero-order valence-corrected chi connectivity index (χ0v) is 12.0. The van der Waals surface area contributed by atoms with E-state index in [9.17, 15) is 13.6 Å². The van der Waals surface area contributed by atoms with E-state index in [0.717, 1.165) is 0 Å². The van der Waals surface area contributed by atoms with E-state index in [-0.39, 0.29) is 21.6 Å². The molecule has 0 saturated heterocycles. The highest BCUT2D eigenvalue weighted by Crippen LogP contribution is 2.26. The van der Waals surface area contributed by atoms with Crippen molar-refractivity contribution in [2.24, 2.45) is 0 Å². The summed E-state index contributed by atoms with van der Waals surface area (Å²) < 4.78 is 26.8. The van der Waals surface area contributed by atoms with E-state index in [2.05, 4.69) is 15.9 Å². The molecule has 0 fully saturated rings. The Balaban J connectivity index is 2.60. The fourth-order valence-electron chi connectivity index (χ4n) is 2.08. The van der Waals surface area contributed by atoms with Crippen molar-refractivity contribution in [3.05, 3.63) is 68.7 Å². The maximum absolute atomic E-state index is 13.5. The van der Waals surface area contributed by atoms with Crippen LogP contribution in [0, 0.1) is 25.5 Å². The largest absolute Gasteiger partial charge is 0.289 e. The van der Waals surface area contributed by atoms with E-state index in [1.165, 1.54) is 30.3 Å². The highest BCUT2D eigenvalue weighted by Gasteiger charge is 2.19. The number of hydrogen-bond donors (Lipinski definition) is 0. The third-order valence-electron chi connectivity index (χ3n) is 2.92. The van der Waals surface area contributed by atoms with Crippen LogP contribution in [0.15, 0.2) is 34.8 Å². The molecule has 4 heteroatoms. The minimum atomic E-state index is -0.497. The molecule has 0 spiro atoms. The first-order valence-electron chi connectivity index (χ1n) is 5.67. The standard InChI is InChI=1S/C15H11BrF2O/c1-8-6-10(17)7-9(2)13(8)15(19)11-4-3-5-12(18)14(11)16/h3-7H,1-2H3. The van der Waals surface area contributed by atoms with E-state index in [4.69, 9.17) is 0 Å². The van der Waals surface area contributed by atoms with Gasteiger partial charge in [0.25, 0.3) is 0 Å². The fraction of sp³-hybridized carbons (Fsp3) is 0.133. The van der Waals surface area contributed by atoms with Crippen molar-refractivity contribution < 1.29 is 13.6 Å². The molecule has 0 amide bonds. The van der Waals surface area contributed by atoms with Crippen molar-refractivity contribution in [1.82, 2.24) is 0 Å². The average Bonchev–Trinajstić information content (AvgIpc) is 2.31. The molecular formula is C15H11BrF2O. The van der Waals surface area contributed by atoms with E-state index < -0.39 is 5.82 Å². The number of carbonyl (C=O) groups excluding carboxylic acids is 1. The Bertz CT molecular complexity index is 642. The Morgan fingerprint density at radius 2 is 1.68 bits per heavy atom. The van der Waals surface area contributed by atoms with Crippen LogP contribution < -0.4 is 0 Å². The molecule has 0 saturated carbocycles. The predicted molar refractivity (Wildman–Crippen MR) is 73.4 cm³/mol. The molecular weight excluding hydrogens is 314 g/mol. The molecule has 0 atom stereocenters. The number of rotatable bonds is 2. The van der Waals surface area contributed by atoms with Crippen LogP contribution in [-0.2, 0) is 0 Å². The molecule has 0 aliphatic heterocycles. The summed E-state index contributed by atoms with van der Waals surface area (Å²) in [5, 5.41) is 0. The first-order valence-corrected chi connectivity index (χ1v) is 6.46. The summed E-state index contributed by atoms with van der Waals surface area (Å²) in [4.78, 5) is 12.5. The van der Waals surface area contributed by atoms with Gasteiger partial charge in [-0.1, -0.05) is 6.07 Å². The number of aryl methyl sites for hydroxylation is 2. The van der Waals surface area contributed by atoms with Gasteiger partial charge in [-0.25, -0.2) is 8.78 Å². The zero-order chi connectivity index (χ0) is 14.2. The van der Waals surface area contributed by atoms with Crippen LogP contribution >= 0.6 is 15.9 Å². The number of halogens is 3. The lowest BCUT2D eigenvalue weighted by Crippen LogP contribution is -2.08. The Kier molecular flexibility index (Phi) is 3.80. The molecule has 0 heterocycles. The van der Waals surface area contributed by atoms with Gasteiger partial charge in [0.15, 0.2) is 5.78 Å². The summed E-state index contributed by atoms with van der Waals surface area (Å²) in [5.41, 5.74) is 1.72. The number of benzene rings is 2. The second-order valence-corrected chi connectivity index (χ2v) is 5.14. The lowest BCUT2D eigenvalue weighted by atomic mass is 9.94. The van der Waals surface area contributed by atoms with Gasteiger partial charge in [-0.2, -0.15) is 0 Å². The molecule has 2 aromatic rings. The average molecular weight is 325 g/mol. The third-order valence-corrected chi connectivity index (χ3v) is 3.73. The Morgan fingerprint density at radius 3 is 2.26 bits per heavy atom. The Labute approximate surface area is 118 Å². The zero-order valence-electron chi connectivity index (χ0n) is 10.4. The van der Waals surface area contributed by atoms with Gasteiger partial charge >= 0.3 is 0 Å². The van der Waals surface area contributed by atoms with Crippen molar-refractivity contribution in [3.63, 3.8) is 0 Å². The highest BCUT2D eigenvalue weighted by atomic mass is 79.9. The highest BCUT2D eigenvalue weighted by molar-refractivity contribution is 9.10. The minimum absolute atomic E-state index is 0.128. The van der Waals surface area contributed by atoms with Gasteiger partial charge in [0, 0.05) is 11.1 Å². The van der Waals surface area contributed by atoms with Crippen LogP contribution in [0.1, 0.15) is 27.0 Å². The molecule has 19 heavy (non-hydrogen) atoms. The lowest BCUT2D eigenvalue weighted by Gasteiger charge is -2.10. The first kappa shape index (κ1) is 13.9. The summed E-state index contributed by atoms with van der Waals surface area (Å²) in [7, 11) is 0. The maximum atomic E-state index is 13.5. The van der Waals surface area contributed by atoms with Crippen molar-refractivity contribution >= 4 is 21.7 Å². The smallest absolute Gasteiger partial charge is 0.194 e. The van der Waals surface area contributed by atoms with Gasteiger partial charge < -0.3 is 0 Å². The van der Waals surface area contributed by atoms with E-state index in [1.54, 1.807) is 13.8 Å². The molecule has 1 nitrogen and oxygen atoms in total. The van der Waals surface area contributed by atoms with Gasteiger partial charge in [0.1, 0.15) is 11.6 Å². The summed E-state index contributed by atoms with van der Waals surface area (Å²) in [6.45, 7) is 3.33. The van der Waals surface area contributed by atoms with Crippen LogP contribution in [0.5, 0.6) is 0 Å². The molecule has 98 valence electrons. The van der Waals surface area contributed by atoms with Gasteiger partial charge in [-0.3, -0.25) is 4.79 Å². The van der Waals surface area contributed by atoms with Crippen LogP contribution in [0.25, 0.3) is 0 Å². The van der Waals surface area contributed by atoms with E-state index in [0.29, 0.717) is 16.7 Å². The predicted octanol–water partition coefficient (Wildman–Crippen LogP) is 4.58. The van der Waals surface area contributed by atoms with Gasteiger partial charge in [-0.15, -0.1) is 0 Å². The molecule has 0 unspecified atom stereocenters. The summed E-state index contributed by atoms with van der Waals surface area (Å²) in [5.74, 6) is -1.20. The number of carbonyl (C=O) groups is 1. The van der Waals surface area contributed by atoms with Crippen LogP contribution in [0.3, 0.4) is 0 Å². The topological polar surface area (TPSA) is 17.1 Å². The number of ketones is 1. The monoisotopic (exact) mass is 324 g/mol. The summed E-state index contributed by atoms with van der Waals surface area (Å²) in [6.07, 6.45) is 0. The minimum Gasteiger partial charge on any atom is -0.289 e. The second-order valence-electron chi connectivity index (χ2n) is 4.35. The Hall–Kier alpha value is -1.55. The molecule has 2 aromatic carbocycles. The molecule has 0 aliphatic rings. The summed E-state index contributed by atoms with van der Waals surface area (Å²) >= 11 is 3.07. The van der Waals surface area contributed by atoms with Crippen LogP contribution in [0.2, 0.25) is 0 Å². The molecule has 2 rings (SSSR count). The normalized spacial score (nSPS) is 10.6. The van der Waals surface area contributed by atoms with Gasteiger partial charge in [0.2, 0.25) is 0 Å². The molecule has 0 bridgehead atoms. The van der Waals surface area contributed by atoms with Gasteiger partial charge in [0.05, 0.1) is 4.47 Å². The molecule has 0 aliphatic carbocycles. The quantitative estimate of drug-likeness (QED) is 0.739. The molecule has 0 radical (unpaired) electrons. The van der Waals surface area contributed by atoms with Crippen molar-refractivity contribution in [2.45, 2.75) is 13.8 Å². The lowest BCUT2D eigenvalue weighted by molar-refractivity contribution is 0.103. The van der Waals surface area contributed by atoms with Crippen molar-refractivity contribution in [1.29, 1.82) is 0 Å².